The SMILES string of the molecule is C=C1CNC[C@@H]2Nc3ccc(Cl)cc3[C@]12CCNC(=O)OCc1ccccc1. The van der Waals surface area contributed by atoms with Crippen molar-refractivity contribution in [3.63, 3.8) is 0 Å². The Hall–Kier alpha value is -2.50. The first-order valence-corrected chi connectivity index (χ1v) is 9.87. The van der Waals surface area contributed by atoms with Gasteiger partial charge in [-0.1, -0.05) is 54.1 Å². The molecule has 2 aromatic rings. The maximum Gasteiger partial charge on any atom is 0.407 e. The van der Waals surface area contributed by atoms with Gasteiger partial charge in [0.15, 0.2) is 0 Å². The fourth-order valence-electron chi connectivity index (χ4n) is 4.32. The summed E-state index contributed by atoms with van der Waals surface area (Å²) in [5.41, 5.74) is 4.07. The average Bonchev–Trinajstić information content (AvgIpc) is 3.02. The van der Waals surface area contributed by atoms with Crippen LogP contribution in [0.15, 0.2) is 60.7 Å². The van der Waals surface area contributed by atoms with Crippen molar-refractivity contribution >= 4 is 23.4 Å². The van der Waals surface area contributed by atoms with Crippen molar-refractivity contribution in [1.29, 1.82) is 0 Å². The monoisotopic (exact) mass is 397 g/mol. The number of ether oxygens (including phenoxy) is 1. The van der Waals surface area contributed by atoms with Gasteiger partial charge >= 0.3 is 6.09 Å². The summed E-state index contributed by atoms with van der Waals surface area (Å²) in [6, 6.07) is 15.8. The van der Waals surface area contributed by atoms with Gasteiger partial charge in [0.05, 0.1) is 6.04 Å². The Labute approximate surface area is 170 Å². The van der Waals surface area contributed by atoms with E-state index in [1.165, 1.54) is 0 Å². The third-order valence-electron chi connectivity index (χ3n) is 5.71. The molecule has 0 unspecified atom stereocenters. The zero-order chi connectivity index (χ0) is 19.6. The number of carbonyl (C=O) groups excluding carboxylic acids is 1. The number of anilines is 1. The lowest BCUT2D eigenvalue weighted by Crippen LogP contribution is -2.54. The Morgan fingerprint density at radius 1 is 1.29 bits per heavy atom. The van der Waals surface area contributed by atoms with Crippen molar-refractivity contribution in [2.45, 2.75) is 24.5 Å². The molecule has 0 aromatic heterocycles. The summed E-state index contributed by atoms with van der Waals surface area (Å²) in [5.74, 6) is 0. The third-order valence-corrected chi connectivity index (χ3v) is 5.94. The molecule has 1 fully saturated rings. The number of piperidine rings is 1. The van der Waals surface area contributed by atoms with Gasteiger partial charge in [-0.05, 0) is 35.7 Å². The smallest absolute Gasteiger partial charge is 0.407 e. The lowest BCUT2D eigenvalue weighted by atomic mass is 9.67. The molecule has 0 aliphatic carbocycles. The summed E-state index contributed by atoms with van der Waals surface area (Å²) in [6.45, 7) is 6.69. The first kappa shape index (κ1) is 18.8. The summed E-state index contributed by atoms with van der Waals surface area (Å²) in [7, 11) is 0. The fourth-order valence-corrected chi connectivity index (χ4v) is 4.49. The van der Waals surface area contributed by atoms with Crippen molar-refractivity contribution in [3.8, 4) is 0 Å². The highest BCUT2D eigenvalue weighted by Crippen LogP contribution is 2.49. The van der Waals surface area contributed by atoms with E-state index in [2.05, 4.69) is 22.5 Å². The molecule has 0 saturated carbocycles. The second-order valence-electron chi connectivity index (χ2n) is 7.33. The van der Waals surface area contributed by atoms with E-state index in [1.54, 1.807) is 0 Å². The molecule has 1 amide bonds. The maximum absolute atomic E-state index is 12.1. The van der Waals surface area contributed by atoms with Crippen LogP contribution < -0.4 is 16.0 Å². The van der Waals surface area contributed by atoms with E-state index in [-0.39, 0.29) is 18.1 Å². The van der Waals surface area contributed by atoms with E-state index < -0.39 is 6.09 Å². The summed E-state index contributed by atoms with van der Waals surface area (Å²) in [6.07, 6.45) is 0.326. The van der Waals surface area contributed by atoms with Crippen LogP contribution in [0.4, 0.5) is 10.5 Å². The van der Waals surface area contributed by atoms with Gasteiger partial charge in [0.25, 0.3) is 0 Å². The van der Waals surface area contributed by atoms with Crippen LogP contribution in [-0.2, 0) is 16.8 Å². The lowest BCUT2D eigenvalue weighted by Gasteiger charge is -2.42. The number of nitrogens with one attached hydrogen (secondary N) is 3. The summed E-state index contributed by atoms with van der Waals surface area (Å²) >= 11 is 6.29. The van der Waals surface area contributed by atoms with Crippen molar-refractivity contribution < 1.29 is 9.53 Å². The second-order valence-corrected chi connectivity index (χ2v) is 7.77. The van der Waals surface area contributed by atoms with Gasteiger partial charge in [0.1, 0.15) is 6.61 Å². The Balaban J connectivity index is 1.43. The topological polar surface area (TPSA) is 62.4 Å². The predicted molar refractivity (Wildman–Crippen MR) is 112 cm³/mol. The van der Waals surface area contributed by atoms with Gasteiger partial charge in [-0.15, -0.1) is 0 Å². The van der Waals surface area contributed by atoms with Gasteiger partial charge in [-0.25, -0.2) is 4.79 Å². The summed E-state index contributed by atoms with van der Waals surface area (Å²) in [5, 5.41) is 10.6. The first-order valence-electron chi connectivity index (χ1n) is 9.50. The third kappa shape index (κ3) is 3.48. The quantitative estimate of drug-likeness (QED) is 0.671. The van der Waals surface area contributed by atoms with E-state index in [0.29, 0.717) is 11.6 Å². The van der Waals surface area contributed by atoms with E-state index in [1.807, 2.05) is 48.5 Å². The molecule has 2 atom stereocenters. The number of rotatable bonds is 5. The molecule has 28 heavy (non-hydrogen) atoms. The zero-order valence-electron chi connectivity index (χ0n) is 15.6. The number of hydrogen-bond donors (Lipinski definition) is 3. The van der Waals surface area contributed by atoms with Gasteiger partial charge in [-0.3, -0.25) is 0 Å². The Morgan fingerprint density at radius 2 is 2.11 bits per heavy atom. The van der Waals surface area contributed by atoms with E-state index in [0.717, 1.165) is 41.9 Å². The molecular formula is C22H24ClN3O2. The van der Waals surface area contributed by atoms with Crippen LogP contribution in [-0.4, -0.2) is 31.8 Å². The highest BCUT2D eigenvalue weighted by atomic mass is 35.5. The van der Waals surface area contributed by atoms with Crippen LogP contribution in [0, 0.1) is 0 Å². The van der Waals surface area contributed by atoms with Crippen LogP contribution in [0.25, 0.3) is 0 Å². The molecule has 2 heterocycles. The molecule has 2 aromatic carbocycles. The second kappa shape index (κ2) is 7.86. The van der Waals surface area contributed by atoms with Crippen LogP contribution in [0.2, 0.25) is 5.02 Å². The number of hydrogen-bond acceptors (Lipinski definition) is 4. The van der Waals surface area contributed by atoms with E-state index in [4.69, 9.17) is 16.3 Å². The zero-order valence-corrected chi connectivity index (χ0v) is 16.4. The maximum atomic E-state index is 12.1. The standard InChI is InChI=1S/C22H24ClN3O2/c1-15-12-24-13-20-22(15,18-11-17(23)7-8-19(18)26-20)9-10-25-21(27)28-14-16-5-3-2-4-6-16/h2-8,11,20,24,26H,1,9-10,12-14H2,(H,25,27)/t20-,22-/m0/s1. The molecule has 1 saturated heterocycles. The molecule has 5 nitrogen and oxygen atoms in total. The largest absolute Gasteiger partial charge is 0.445 e. The normalized spacial score (nSPS) is 22.8. The number of benzene rings is 2. The molecule has 4 rings (SSSR count). The molecule has 146 valence electrons. The van der Waals surface area contributed by atoms with E-state index in [9.17, 15) is 4.79 Å². The van der Waals surface area contributed by atoms with Crippen LogP contribution in [0.5, 0.6) is 0 Å². The molecule has 3 N–H and O–H groups in total. The van der Waals surface area contributed by atoms with Gasteiger partial charge in [-0.2, -0.15) is 0 Å². The van der Waals surface area contributed by atoms with Gasteiger partial charge in [0.2, 0.25) is 0 Å². The van der Waals surface area contributed by atoms with Crippen molar-refractivity contribution in [2.75, 3.05) is 25.0 Å². The molecule has 0 radical (unpaired) electrons. The Kier molecular flexibility index (Phi) is 5.29. The molecule has 2 aliphatic heterocycles. The van der Waals surface area contributed by atoms with Crippen LogP contribution >= 0.6 is 11.6 Å². The Morgan fingerprint density at radius 3 is 2.93 bits per heavy atom. The molecule has 2 aliphatic rings. The highest BCUT2D eigenvalue weighted by Gasteiger charge is 2.50. The minimum absolute atomic E-state index is 0.185. The average molecular weight is 398 g/mol. The minimum Gasteiger partial charge on any atom is -0.445 e. The Bertz CT molecular complexity index is 887. The predicted octanol–water partition coefficient (Wildman–Crippen LogP) is 3.85. The fraction of sp³-hybridized carbons (Fsp3) is 0.318. The summed E-state index contributed by atoms with van der Waals surface area (Å²) < 4.78 is 5.32. The lowest BCUT2D eigenvalue weighted by molar-refractivity contribution is 0.138. The number of alkyl carbamates (subject to hydrolysis) is 1. The van der Waals surface area contributed by atoms with Gasteiger partial charge < -0.3 is 20.7 Å². The number of fused-ring (bicyclic) bond motifs is 3. The first-order chi connectivity index (χ1) is 13.6. The van der Waals surface area contributed by atoms with Crippen molar-refractivity contribution in [1.82, 2.24) is 10.6 Å². The number of carbonyl (C=O) groups is 1. The number of halogens is 1. The summed E-state index contributed by atoms with van der Waals surface area (Å²) in [4.78, 5) is 12.1. The number of amides is 1. The van der Waals surface area contributed by atoms with E-state index >= 15 is 0 Å². The van der Waals surface area contributed by atoms with Crippen molar-refractivity contribution in [2.24, 2.45) is 0 Å². The molecule has 0 spiro atoms. The van der Waals surface area contributed by atoms with Gasteiger partial charge in [0, 0.05) is 35.8 Å². The molecule has 0 bridgehead atoms. The van der Waals surface area contributed by atoms with Crippen molar-refractivity contribution in [3.05, 3.63) is 76.8 Å². The minimum atomic E-state index is -0.409. The molecular weight excluding hydrogens is 374 g/mol. The molecule has 6 heteroatoms. The van der Waals surface area contributed by atoms with Crippen LogP contribution in [0.3, 0.4) is 0 Å². The highest BCUT2D eigenvalue weighted by molar-refractivity contribution is 6.30. The van der Waals surface area contributed by atoms with Crippen LogP contribution in [0.1, 0.15) is 17.5 Å².